The Morgan fingerprint density at radius 3 is 2.48 bits per heavy atom. The minimum Gasteiger partial charge on any atom is -0.442 e. The van der Waals surface area contributed by atoms with Crippen LogP contribution in [-0.2, 0) is 14.3 Å². The summed E-state index contributed by atoms with van der Waals surface area (Å²) < 4.78 is 5.29. The molecule has 1 fully saturated rings. The van der Waals surface area contributed by atoms with Crippen LogP contribution in [0.15, 0.2) is 18.6 Å². The van der Waals surface area contributed by atoms with Gasteiger partial charge in [-0.05, 0) is 33.1 Å². The number of rotatable bonds is 8. The molecule has 11 heteroatoms. The van der Waals surface area contributed by atoms with Gasteiger partial charge in [0.1, 0.15) is 17.3 Å². The first-order valence-electron chi connectivity index (χ1n) is 10.2. The van der Waals surface area contributed by atoms with Crippen molar-refractivity contribution in [3.8, 4) is 0 Å². The number of amides is 4. The average molecular weight is 434 g/mol. The quantitative estimate of drug-likeness (QED) is 0.513. The maximum absolute atomic E-state index is 13.0. The van der Waals surface area contributed by atoms with E-state index >= 15 is 0 Å². The highest BCUT2D eigenvalue weighted by Gasteiger charge is 2.31. The van der Waals surface area contributed by atoms with Crippen molar-refractivity contribution in [2.45, 2.75) is 64.5 Å². The zero-order chi connectivity index (χ0) is 23.0. The standard InChI is InChI=1S/C20H30N6O5/c1-20(2,3)31-19(30)26(10-7-16(21)27)25-18(29)14(11-13-5-4-6-13)24-17(28)15-12-22-8-9-23-15/h8-9,12-14H,4-7,10-11H2,1-3H3,(H2,21,27)(H,24,28)(H,25,29)/t14-/m0/s1. The SMILES string of the molecule is CC(C)(C)OC(=O)N(CCC(N)=O)NC(=O)[C@H](CC1CCC1)NC(=O)c1cnccn1. The van der Waals surface area contributed by atoms with E-state index in [9.17, 15) is 19.2 Å². The van der Waals surface area contributed by atoms with E-state index in [4.69, 9.17) is 10.5 Å². The molecule has 0 spiro atoms. The molecular weight excluding hydrogens is 404 g/mol. The number of hydrogen-bond donors (Lipinski definition) is 3. The maximum atomic E-state index is 13.0. The van der Waals surface area contributed by atoms with Crippen LogP contribution in [0.2, 0.25) is 0 Å². The summed E-state index contributed by atoms with van der Waals surface area (Å²) in [6.45, 7) is 4.88. The Morgan fingerprint density at radius 2 is 1.97 bits per heavy atom. The normalized spacial score (nSPS) is 14.7. The molecule has 4 amide bonds. The fraction of sp³-hybridized carbons (Fsp3) is 0.600. The van der Waals surface area contributed by atoms with Crippen LogP contribution in [0.1, 0.15) is 63.4 Å². The molecule has 1 aromatic heterocycles. The van der Waals surface area contributed by atoms with Gasteiger partial charge in [-0.3, -0.25) is 24.8 Å². The molecule has 0 aliphatic heterocycles. The van der Waals surface area contributed by atoms with E-state index in [1.165, 1.54) is 18.6 Å². The number of nitrogens with zero attached hydrogens (tertiary/aromatic N) is 3. The molecule has 4 N–H and O–H groups in total. The second-order valence-electron chi connectivity index (χ2n) is 8.47. The van der Waals surface area contributed by atoms with Gasteiger partial charge in [0.15, 0.2) is 0 Å². The van der Waals surface area contributed by atoms with Crippen LogP contribution in [0.25, 0.3) is 0 Å². The highest BCUT2D eigenvalue weighted by molar-refractivity contribution is 5.96. The molecule has 0 aromatic carbocycles. The van der Waals surface area contributed by atoms with Crippen LogP contribution >= 0.6 is 0 Å². The van der Waals surface area contributed by atoms with Crippen molar-refractivity contribution in [1.29, 1.82) is 0 Å². The van der Waals surface area contributed by atoms with Gasteiger partial charge in [0.2, 0.25) is 5.91 Å². The van der Waals surface area contributed by atoms with Crippen molar-refractivity contribution in [1.82, 2.24) is 25.7 Å². The number of aromatic nitrogens is 2. The van der Waals surface area contributed by atoms with Crippen LogP contribution < -0.4 is 16.5 Å². The van der Waals surface area contributed by atoms with Crippen LogP contribution in [0.4, 0.5) is 4.79 Å². The Hall–Kier alpha value is -3.24. The number of nitrogens with one attached hydrogen (secondary N) is 2. The molecule has 1 aliphatic rings. The van der Waals surface area contributed by atoms with Crippen molar-refractivity contribution >= 4 is 23.8 Å². The largest absolute Gasteiger partial charge is 0.442 e. The maximum Gasteiger partial charge on any atom is 0.429 e. The molecule has 1 aromatic rings. The third-order valence-electron chi connectivity index (χ3n) is 4.65. The number of carbonyl (C=O) groups excluding carboxylic acids is 4. The Morgan fingerprint density at radius 1 is 1.26 bits per heavy atom. The van der Waals surface area contributed by atoms with Crippen LogP contribution in [0.3, 0.4) is 0 Å². The minimum atomic E-state index is -0.904. The molecule has 170 valence electrons. The summed E-state index contributed by atoms with van der Waals surface area (Å²) in [6.07, 6.45) is 6.52. The summed E-state index contributed by atoms with van der Waals surface area (Å²) in [4.78, 5) is 57.0. The van der Waals surface area contributed by atoms with Gasteiger partial charge in [-0.2, -0.15) is 0 Å². The number of nitrogens with two attached hydrogens (primary N) is 1. The fourth-order valence-electron chi connectivity index (χ4n) is 2.88. The van der Waals surface area contributed by atoms with Crippen molar-refractivity contribution in [3.63, 3.8) is 0 Å². The molecule has 0 radical (unpaired) electrons. The van der Waals surface area contributed by atoms with Gasteiger partial charge in [0, 0.05) is 18.8 Å². The molecule has 31 heavy (non-hydrogen) atoms. The number of carbonyl (C=O) groups is 4. The number of primary amides is 1. The molecule has 1 atom stereocenters. The van der Waals surface area contributed by atoms with Crippen LogP contribution in [0.5, 0.6) is 0 Å². The zero-order valence-corrected chi connectivity index (χ0v) is 18.1. The van der Waals surface area contributed by atoms with Crippen molar-refractivity contribution in [2.24, 2.45) is 11.7 Å². The summed E-state index contributed by atoms with van der Waals surface area (Å²) in [5, 5.41) is 3.57. The van der Waals surface area contributed by atoms with E-state index in [2.05, 4.69) is 20.7 Å². The molecule has 0 unspecified atom stereocenters. The Kier molecular flexibility index (Phi) is 8.29. The van der Waals surface area contributed by atoms with Crippen molar-refractivity contribution < 1.29 is 23.9 Å². The number of hydrogen-bond acceptors (Lipinski definition) is 7. The summed E-state index contributed by atoms with van der Waals surface area (Å²) in [6, 6.07) is -0.904. The van der Waals surface area contributed by atoms with Crippen LogP contribution in [0, 0.1) is 5.92 Å². The van der Waals surface area contributed by atoms with Gasteiger partial charge >= 0.3 is 6.09 Å². The van der Waals surface area contributed by atoms with Gasteiger partial charge in [0.25, 0.3) is 11.8 Å². The predicted molar refractivity (Wildman–Crippen MR) is 110 cm³/mol. The average Bonchev–Trinajstić information content (AvgIpc) is 2.65. The highest BCUT2D eigenvalue weighted by Crippen LogP contribution is 2.30. The van der Waals surface area contributed by atoms with E-state index < -0.39 is 35.5 Å². The van der Waals surface area contributed by atoms with Crippen molar-refractivity contribution in [3.05, 3.63) is 24.3 Å². The van der Waals surface area contributed by atoms with E-state index in [1.807, 2.05) is 0 Å². The molecule has 0 bridgehead atoms. The Labute approximate surface area is 181 Å². The second kappa shape index (κ2) is 10.7. The summed E-state index contributed by atoms with van der Waals surface area (Å²) in [5.41, 5.74) is 6.92. The zero-order valence-electron chi connectivity index (χ0n) is 18.1. The molecule has 0 saturated heterocycles. The predicted octanol–water partition coefficient (Wildman–Crippen LogP) is 0.909. The van der Waals surface area contributed by atoms with Crippen LogP contribution in [-0.4, -0.2) is 57.0 Å². The van der Waals surface area contributed by atoms with E-state index in [0.29, 0.717) is 12.3 Å². The molecule has 2 rings (SSSR count). The molecule has 1 heterocycles. The number of hydrazine groups is 1. The topological polar surface area (TPSA) is 157 Å². The Balaban J connectivity index is 2.12. The summed E-state index contributed by atoms with van der Waals surface area (Å²) in [5.74, 6) is -1.49. The fourth-order valence-corrected chi connectivity index (χ4v) is 2.88. The second-order valence-corrected chi connectivity index (χ2v) is 8.47. The molecular formula is C20H30N6O5. The first-order valence-corrected chi connectivity index (χ1v) is 10.2. The summed E-state index contributed by atoms with van der Waals surface area (Å²) in [7, 11) is 0. The lowest BCUT2D eigenvalue weighted by atomic mass is 9.80. The van der Waals surface area contributed by atoms with Gasteiger partial charge < -0.3 is 15.8 Å². The van der Waals surface area contributed by atoms with Gasteiger partial charge in [-0.25, -0.2) is 14.8 Å². The van der Waals surface area contributed by atoms with Gasteiger partial charge in [-0.15, -0.1) is 0 Å². The third-order valence-corrected chi connectivity index (χ3v) is 4.65. The van der Waals surface area contributed by atoms with E-state index in [0.717, 1.165) is 24.3 Å². The number of ether oxygens (including phenoxy) is 1. The molecule has 1 aliphatic carbocycles. The monoisotopic (exact) mass is 434 g/mol. The van der Waals surface area contributed by atoms with E-state index in [-0.39, 0.29) is 18.7 Å². The van der Waals surface area contributed by atoms with E-state index in [1.54, 1.807) is 20.8 Å². The Bertz CT molecular complexity index is 791. The highest BCUT2D eigenvalue weighted by atomic mass is 16.6. The lowest BCUT2D eigenvalue weighted by Crippen LogP contribution is -2.56. The first kappa shape index (κ1) is 24.0. The van der Waals surface area contributed by atoms with Gasteiger partial charge in [-0.1, -0.05) is 19.3 Å². The lowest BCUT2D eigenvalue weighted by Gasteiger charge is -2.32. The van der Waals surface area contributed by atoms with Crippen molar-refractivity contribution in [2.75, 3.05) is 6.54 Å². The lowest BCUT2D eigenvalue weighted by molar-refractivity contribution is -0.129. The minimum absolute atomic E-state index is 0.0756. The third kappa shape index (κ3) is 8.19. The molecule has 1 saturated carbocycles. The first-order chi connectivity index (χ1) is 14.5. The summed E-state index contributed by atoms with van der Waals surface area (Å²) >= 11 is 0. The van der Waals surface area contributed by atoms with Gasteiger partial charge in [0.05, 0.1) is 12.7 Å². The smallest absolute Gasteiger partial charge is 0.429 e. The molecule has 11 nitrogen and oxygen atoms in total.